The summed E-state index contributed by atoms with van der Waals surface area (Å²) in [4.78, 5) is 31.1. The first-order chi connectivity index (χ1) is 15.3. The maximum Gasteiger partial charge on any atom is 0.269 e. The van der Waals surface area contributed by atoms with Crippen LogP contribution in [0.15, 0.2) is 42.5 Å². The van der Waals surface area contributed by atoms with Crippen molar-refractivity contribution in [1.29, 1.82) is 0 Å². The molecule has 3 rings (SSSR count). The van der Waals surface area contributed by atoms with E-state index in [1.54, 1.807) is 6.08 Å². The molecular weight excluding hydrogens is 438 g/mol. The Morgan fingerprint density at radius 2 is 1.84 bits per heavy atom. The van der Waals surface area contributed by atoms with E-state index in [1.165, 1.54) is 41.3 Å². The van der Waals surface area contributed by atoms with Crippen LogP contribution in [0.3, 0.4) is 0 Å². The highest BCUT2D eigenvalue weighted by atomic mass is 32.1. The highest BCUT2D eigenvalue weighted by Crippen LogP contribution is 2.31. The van der Waals surface area contributed by atoms with Gasteiger partial charge >= 0.3 is 0 Å². The zero-order chi connectivity index (χ0) is 23.3. The molecule has 1 heterocycles. The van der Waals surface area contributed by atoms with Gasteiger partial charge in [-0.3, -0.25) is 19.8 Å². The lowest BCUT2D eigenvalue weighted by Crippen LogP contribution is -2.38. The number of halogens is 2. The molecule has 7 nitrogen and oxygen atoms in total. The van der Waals surface area contributed by atoms with Crippen LogP contribution < -0.4 is 4.90 Å². The molecule has 10 heteroatoms. The van der Waals surface area contributed by atoms with Crippen molar-refractivity contribution in [2.75, 3.05) is 31.1 Å². The highest BCUT2D eigenvalue weighted by molar-refractivity contribution is 7.22. The van der Waals surface area contributed by atoms with Gasteiger partial charge in [0.2, 0.25) is 0 Å². The van der Waals surface area contributed by atoms with Crippen LogP contribution in [0, 0.1) is 21.7 Å². The number of fused-ring (bicyclic) bond motifs is 1. The number of thiazole rings is 1. The minimum Gasteiger partial charge on any atom is -0.302 e. The Bertz CT molecular complexity index is 1140. The molecule has 1 aromatic heterocycles. The van der Waals surface area contributed by atoms with E-state index >= 15 is 0 Å². The molecule has 2 aromatic carbocycles. The maximum atomic E-state index is 14.1. The number of likely N-dealkylation sites (N-methyl/N-ethyl adjacent to an activating group) is 1. The van der Waals surface area contributed by atoms with E-state index < -0.39 is 16.6 Å². The van der Waals surface area contributed by atoms with E-state index in [4.69, 9.17) is 0 Å². The van der Waals surface area contributed by atoms with Gasteiger partial charge in [0.05, 0.1) is 9.62 Å². The molecule has 0 atom stereocenters. The number of rotatable bonds is 9. The van der Waals surface area contributed by atoms with Crippen molar-refractivity contribution in [3.8, 4) is 0 Å². The van der Waals surface area contributed by atoms with Gasteiger partial charge in [-0.05, 0) is 42.9 Å². The minimum absolute atomic E-state index is 0.0198. The van der Waals surface area contributed by atoms with Crippen LogP contribution in [0.5, 0.6) is 0 Å². The van der Waals surface area contributed by atoms with Crippen molar-refractivity contribution in [3.63, 3.8) is 0 Å². The SMILES string of the molecule is CCN(CC)CCN(C(=O)/C=C\c1ccc([N+](=O)[O-])cc1)c1nc2c(F)cc(F)cc2s1. The Hall–Kier alpha value is -3.24. The third kappa shape index (κ3) is 5.51. The van der Waals surface area contributed by atoms with Gasteiger partial charge in [-0.25, -0.2) is 13.8 Å². The average molecular weight is 461 g/mol. The summed E-state index contributed by atoms with van der Waals surface area (Å²) in [6.07, 6.45) is 2.89. The molecule has 0 N–H and O–H groups in total. The summed E-state index contributed by atoms with van der Waals surface area (Å²) in [7, 11) is 0. The zero-order valence-corrected chi connectivity index (χ0v) is 18.4. The molecule has 0 aliphatic heterocycles. The molecule has 0 saturated carbocycles. The van der Waals surface area contributed by atoms with Crippen molar-refractivity contribution in [2.45, 2.75) is 13.8 Å². The van der Waals surface area contributed by atoms with Gasteiger partial charge in [0, 0.05) is 37.4 Å². The van der Waals surface area contributed by atoms with E-state index in [0.717, 1.165) is 30.5 Å². The van der Waals surface area contributed by atoms with Gasteiger partial charge in [0.25, 0.3) is 11.6 Å². The minimum atomic E-state index is -0.778. The van der Waals surface area contributed by atoms with Crippen LogP contribution in [0.4, 0.5) is 19.6 Å². The summed E-state index contributed by atoms with van der Waals surface area (Å²) in [6.45, 7) is 6.53. The van der Waals surface area contributed by atoms with Crippen molar-refractivity contribution in [3.05, 3.63) is 69.8 Å². The molecule has 0 bridgehead atoms. The van der Waals surface area contributed by atoms with Crippen LogP contribution in [0.2, 0.25) is 0 Å². The van der Waals surface area contributed by atoms with Gasteiger partial charge in [0.15, 0.2) is 10.9 Å². The largest absolute Gasteiger partial charge is 0.302 e. The molecule has 0 spiro atoms. The summed E-state index contributed by atoms with van der Waals surface area (Å²) in [6, 6.07) is 7.75. The van der Waals surface area contributed by atoms with Crippen LogP contribution in [-0.2, 0) is 4.79 Å². The summed E-state index contributed by atoms with van der Waals surface area (Å²) >= 11 is 1.04. The second-order valence-corrected chi connectivity index (χ2v) is 7.94. The van der Waals surface area contributed by atoms with E-state index in [9.17, 15) is 23.7 Å². The van der Waals surface area contributed by atoms with Crippen molar-refractivity contribution < 1.29 is 18.5 Å². The summed E-state index contributed by atoms with van der Waals surface area (Å²) in [5.74, 6) is -1.86. The molecule has 32 heavy (non-hydrogen) atoms. The Labute approximate surface area is 187 Å². The molecule has 1 amide bonds. The number of aromatic nitrogens is 1. The number of hydrogen-bond acceptors (Lipinski definition) is 6. The van der Waals surface area contributed by atoms with Crippen molar-refractivity contribution in [2.24, 2.45) is 0 Å². The number of nitro groups is 1. The lowest BCUT2D eigenvalue weighted by molar-refractivity contribution is -0.384. The first kappa shape index (κ1) is 23.4. The number of anilines is 1. The Morgan fingerprint density at radius 3 is 2.47 bits per heavy atom. The molecule has 0 saturated heterocycles. The number of non-ortho nitro benzene ring substituents is 1. The Kier molecular flexibility index (Phi) is 7.60. The van der Waals surface area contributed by atoms with Gasteiger partial charge in [-0.2, -0.15) is 0 Å². The number of amides is 1. The van der Waals surface area contributed by atoms with E-state index in [-0.39, 0.29) is 22.2 Å². The number of carbonyl (C=O) groups excluding carboxylic acids is 1. The summed E-state index contributed by atoms with van der Waals surface area (Å²) in [5, 5.41) is 11.1. The Morgan fingerprint density at radius 1 is 1.16 bits per heavy atom. The van der Waals surface area contributed by atoms with Crippen LogP contribution in [0.25, 0.3) is 16.3 Å². The number of hydrogen-bond donors (Lipinski definition) is 0. The quantitative estimate of drug-likeness (QED) is 0.259. The van der Waals surface area contributed by atoms with Gasteiger partial charge in [-0.15, -0.1) is 0 Å². The Balaban J connectivity index is 1.88. The number of nitro benzene ring substituents is 1. The summed E-state index contributed by atoms with van der Waals surface area (Å²) in [5.41, 5.74) is 0.592. The molecule has 168 valence electrons. The third-order valence-corrected chi connectivity index (χ3v) is 5.98. The monoisotopic (exact) mass is 460 g/mol. The summed E-state index contributed by atoms with van der Waals surface area (Å²) < 4.78 is 28.1. The van der Waals surface area contributed by atoms with Gasteiger partial charge < -0.3 is 4.90 Å². The maximum absolute atomic E-state index is 14.1. The van der Waals surface area contributed by atoms with Gasteiger partial charge in [0.1, 0.15) is 11.3 Å². The third-order valence-electron chi connectivity index (χ3n) is 4.96. The van der Waals surface area contributed by atoms with E-state index in [2.05, 4.69) is 9.88 Å². The van der Waals surface area contributed by atoms with Crippen molar-refractivity contribution >= 4 is 44.4 Å². The topological polar surface area (TPSA) is 79.6 Å². The van der Waals surface area contributed by atoms with Gasteiger partial charge in [-0.1, -0.05) is 25.2 Å². The smallest absolute Gasteiger partial charge is 0.269 e. The normalized spacial score (nSPS) is 11.5. The predicted octanol–water partition coefficient (Wildman–Crippen LogP) is 4.87. The number of benzene rings is 2. The molecule has 0 unspecified atom stereocenters. The van der Waals surface area contributed by atoms with E-state index in [0.29, 0.717) is 23.4 Å². The molecule has 3 aromatic rings. The molecule has 0 aliphatic carbocycles. The lowest BCUT2D eigenvalue weighted by Gasteiger charge is -2.23. The van der Waals surface area contributed by atoms with E-state index in [1.807, 2.05) is 13.8 Å². The lowest BCUT2D eigenvalue weighted by atomic mass is 10.2. The standard InChI is InChI=1S/C22H22F2N4O3S/c1-3-26(4-2)11-12-27(22-25-21-18(24)13-16(23)14-19(21)32-22)20(29)10-7-15-5-8-17(9-6-15)28(30)31/h5-10,13-14H,3-4,11-12H2,1-2H3/b10-7-. The predicted molar refractivity (Wildman–Crippen MR) is 122 cm³/mol. The molecule has 0 radical (unpaired) electrons. The van der Waals surface area contributed by atoms with Crippen molar-refractivity contribution in [1.82, 2.24) is 9.88 Å². The number of carbonyl (C=O) groups is 1. The molecule has 0 aliphatic rings. The first-order valence-electron chi connectivity index (χ1n) is 10.0. The highest BCUT2D eigenvalue weighted by Gasteiger charge is 2.20. The second kappa shape index (κ2) is 10.4. The van der Waals surface area contributed by atoms with Crippen LogP contribution >= 0.6 is 11.3 Å². The molecular formula is C22H22F2N4O3S. The fraction of sp³-hybridized carbons (Fsp3) is 0.273. The average Bonchev–Trinajstić information content (AvgIpc) is 3.19. The van der Waals surface area contributed by atoms with Crippen LogP contribution in [-0.4, -0.2) is 46.9 Å². The molecule has 0 fully saturated rings. The fourth-order valence-corrected chi connectivity index (χ4v) is 4.14. The second-order valence-electron chi connectivity index (χ2n) is 6.93. The van der Waals surface area contributed by atoms with Crippen LogP contribution in [0.1, 0.15) is 19.4 Å². The first-order valence-corrected chi connectivity index (χ1v) is 10.9. The number of nitrogens with zero attached hydrogens (tertiary/aromatic N) is 4. The fourth-order valence-electron chi connectivity index (χ4n) is 3.11. The zero-order valence-electron chi connectivity index (χ0n) is 17.6.